The molecule has 0 heterocycles. The van der Waals surface area contributed by atoms with E-state index in [9.17, 15) is 4.79 Å². The third-order valence-corrected chi connectivity index (χ3v) is 1.83. The van der Waals surface area contributed by atoms with E-state index in [-0.39, 0.29) is 5.78 Å². The second-order valence-corrected chi connectivity index (χ2v) is 2.90. The summed E-state index contributed by atoms with van der Waals surface area (Å²) >= 11 is 0. The van der Waals surface area contributed by atoms with E-state index < -0.39 is 6.61 Å². The average Bonchev–Trinajstić information content (AvgIpc) is 2.20. The lowest BCUT2D eigenvalue weighted by Crippen LogP contribution is -2.06. The number of hydrogen-bond acceptors (Lipinski definition) is 3. The maximum atomic E-state index is 11.1. The van der Waals surface area contributed by atoms with E-state index >= 15 is 0 Å². The summed E-state index contributed by atoms with van der Waals surface area (Å²) in [5.41, 5.74) is 2.67. The lowest BCUT2D eigenvalue weighted by Gasteiger charge is -2.02. The van der Waals surface area contributed by atoms with Crippen molar-refractivity contribution in [3.63, 3.8) is 0 Å². The van der Waals surface area contributed by atoms with E-state index in [0.29, 0.717) is 5.56 Å². The zero-order valence-electron chi connectivity index (χ0n) is 8.74. The molecule has 0 aromatic heterocycles. The molecule has 3 nitrogen and oxygen atoms in total. The van der Waals surface area contributed by atoms with Crippen LogP contribution in [0.1, 0.15) is 21.5 Å². The summed E-state index contributed by atoms with van der Waals surface area (Å²) in [4.78, 5) is 11.1. The predicted molar refractivity (Wildman–Crippen MR) is 55.5 cm³/mol. The second-order valence-electron chi connectivity index (χ2n) is 2.90. The zero-order valence-corrected chi connectivity index (χ0v) is 8.74. The topological polar surface area (TPSA) is 57.5 Å². The van der Waals surface area contributed by atoms with Gasteiger partial charge in [-0.3, -0.25) is 4.79 Å². The van der Waals surface area contributed by atoms with Crippen LogP contribution >= 0.6 is 0 Å². The normalized spacial score (nSPS) is 8.93. The van der Waals surface area contributed by atoms with Crippen molar-refractivity contribution < 1.29 is 15.0 Å². The molecule has 0 unspecified atom stereocenters. The lowest BCUT2D eigenvalue weighted by atomic mass is 10.0. The minimum Gasteiger partial charge on any atom is -0.400 e. The maximum Gasteiger partial charge on any atom is 0.188 e. The first-order valence-electron chi connectivity index (χ1n) is 4.31. The van der Waals surface area contributed by atoms with Crippen LogP contribution in [0.15, 0.2) is 18.2 Å². The van der Waals surface area contributed by atoms with Gasteiger partial charge in [0, 0.05) is 12.7 Å². The molecule has 0 aliphatic rings. The summed E-state index contributed by atoms with van der Waals surface area (Å²) in [6.07, 6.45) is 0. The minimum atomic E-state index is -0.413. The van der Waals surface area contributed by atoms with Crippen molar-refractivity contribution in [3.8, 4) is 0 Å². The largest absolute Gasteiger partial charge is 0.400 e. The highest BCUT2D eigenvalue weighted by atomic mass is 16.3. The van der Waals surface area contributed by atoms with Crippen molar-refractivity contribution >= 4 is 5.78 Å². The Bertz CT molecular complexity index is 305. The standard InChI is InChI=1S/C10H12O2.CH4O/c1-7-3-4-9(8(2)5-7)10(12)6-11;1-2/h3-5,11H,6H2,1-2H3;2H,1H3. The minimum absolute atomic E-state index is 0.215. The molecule has 14 heavy (non-hydrogen) atoms. The molecular weight excluding hydrogens is 180 g/mol. The summed E-state index contributed by atoms with van der Waals surface area (Å²) in [6.45, 7) is 3.43. The molecule has 0 fully saturated rings. The molecule has 0 saturated carbocycles. The molecule has 0 radical (unpaired) electrons. The van der Waals surface area contributed by atoms with Gasteiger partial charge in [0.25, 0.3) is 0 Å². The van der Waals surface area contributed by atoms with Gasteiger partial charge in [0.2, 0.25) is 0 Å². The van der Waals surface area contributed by atoms with Gasteiger partial charge in [-0.2, -0.15) is 0 Å². The number of rotatable bonds is 2. The number of ketones is 1. The van der Waals surface area contributed by atoms with Crippen LogP contribution < -0.4 is 0 Å². The monoisotopic (exact) mass is 196 g/mol. The smallest absolute Gasteiger partial charge is 0.188 e. The third-order valence-electron chi connectivity index (χ3n) is 1.83. The summed E-state index contributed by atoms with van der Waals surface area (Å²) < 4.78 is 0. The molecule has 2 N–H and O–H groups in total. The lowest BCUT2D eigenvalue weighted by molar-refractivity contribution is 0.0903. The first kappa shape index (κ1) is 12.8. The Morgan fingerprint density at radius 2 is 1.86 bits per heavy atom. The molecule has 1 rings (SSSR count). The number of carbonyl (C=O) groups is 1. The second kappa shape index (κ2) is 6.29. The molecule has 3 heteroatoms. The molecule has 78 valence electrons. The van der Waals surface area contributed by atoms with Crippen molar-refractivity contribution in [1.29, 1.82) is 0 Å². The number of aliphatic hydroxyl groups is 2. The van der Waals surface area contributed by atoms with Gasteiger partial charge >= 0.3 is 0 Å². The van der Waals surface area contributed by atoms with Gasteiger partial charge in [0.05, 0.1) is 0 Å². The molecule has 0 aliphatic heterocycles. The van der Waals surface area contributed by atoms with E-state index in [4.69, 9.17) is 10.2 Å². The van der Waals surface area contributed by atoms with Crippen LogP contribution in [0.2, 0.25) is 0 Å². The van der Waals surface area contributed by atoms with Crippen molar-refractivity contribution in [2.45, 2.75) is 13.8 Å². The van der Waals surface area contributed by atoms with Crippen LogP contribution in [0.25, 0.3) is 0 Å². The van der Waals surface area contributed by atoms with Crippen molar-refractivity contribution in [1.82, 2.24) is 0 Å². The highest BCUT2D eigenvalue weighted by molar-refractivity contribution is 5.98. The fraction of sp³-hybridized carbons (Fsp3) is 0.364. The van der Waals surface area contributed by atoms with Gasteiger partial charge in [-0.25, -0.2) is 0 Å². The van der Waals surface area contributed by atoms with E-state index in [1.165, 1.54) is 0 Å². The van der Waals surface area contributed by atoms with Gasteiger partial charge in [0.15, 0.2) is 5.78 Å². The summed E-state index contributed by atoms with van der Waals surface area (Å²) in [5.74, 6) is -0.215. The molecule has 0 amide bonds. The van der Waals surface area contributed by atoms with Crippen molar-refractivity contribution in [3.05, 3.63) is 34.9 Å². The molecule has 0 spiro atoms. The summed E-state index contributed by atoms with van der Waals surface area (Å²) in [7, 11) is 1.00. The van der Waals surface area contributed by atoms with Gasteiger partial charge in [0.1, 0.15) is 6.61 Å². The molecule has 0 saturated heterocycles. The Labute approximate surface area is 84.0 Å². The van der Waals surface area contributed by atoms with E-state index in [0.717, 1.165) is 18.2 Å². The fourth-order valence-corrected chi connectivity index (χ4v) is 1.21. The number of carbonyl (C=O) groups excluding carboxylic acids is 1. The highest BCUT2D eigenvalue weighted by Crippen LogP contribution is 2.10. The molecule has 1 aromatic carbocycles. The van der Waals surface area contributed by atoms with Crippen LogP contribution in [0.4, 0.5) is 0 Å². The third kappa shape index (κ3) is 3.28. The Balaban J connectivity index is 0.000000791. The quantitative estimate of drug-likeness (QED) is 0.696. The van der Waals surface area contributed by atoms with Crippen molar-refractivity contribution in [2.24, 2.45) is 0 Å². The first-order valence-corrected chi connectivity index (χ1v) is 4.31. The van der Waals surface area contributed by atoms with Gasteiger partial charge < -0.3 is 10.2 Å². The van der Waals surface area contributed by atoms with E-state index in [1.807, 2.05) is 26.0 Å². The maximum absolute atomic E-state index is 11.1. The zero-order chi connectivity index (χ0) is 11.1. The van der Waals surface area contributed by atoms with E-state index in [1.54, 1.807) is 6.07 Å². The van der Waals surface area contributed by atoms with Gasteiger partial charge in [-0.1, -0.05) is 23.8 Å². The summed E-state index contributed by atoms with van der Waals surface area (Å²) in [6, 6.07) is 5.56. The Hall–Kier alpha value is -1.19. The molecular formula is C11H16O3. The van der Waals surface area contributed by atoms with Gasteiger partial charge in [-0.05, 0) is 19.4 Å². The van der Waals surface area contributed by atoms with Crippen molar-refractivity contribution in [2.75, 3.05) is 13.7 Å². The Morgan fingerprint density at radius 1 is 1.29 bits per heavy atom. The first-order chi connectivity index (χ1) is 6.65. The Kier molecular flexibility index (Phi) is 5.76. The SMILES string of the molecule is CO.Cc1ccc(C(=O)CO)c(C)c1. The molecule has 0 bridgehead atoms. The van der Waals surface area contributed by atoms with Crippen LogP contribution in [0.3, 0.4) is 0 Å². The molecule has 1 aromatic rings. The van der Waals surface area contributed by atoms with Gasteiger partial charge in [-0.15, -0.1) is 0 Å². The Morgan fingerprint density at radius 3 is 2.29 bits per heavy atom. The highest BCUT2D eigenvalue weighted by Gasteiger charge is 2.06. The number of Topliss-reactive ketones (excluding diaryl/α,β-unsaturated/α-hetero) is 1. The predicted octanol–water partition coefficient (Wildman–Crippen LogP) is 1.09. The number of benzene rings is 1. The van der Waals surface area contributed by atoms with Crippen LogP contribution in [0, 0.1) is 13.8 Å². The molecule has 0 aliphatic carbocycles. The molecule has 0 atom stereocenters. The van der Waals surface area contributed by atoms with Crippen LogP contribution in [-0.2, 0) is 0 Å². The van der Waals surface area contributed by atoms with Crippen LogP contribution in [-0.4, -0.2) is 29.7 Å². The fourth-order valence-electron chi connectivity index (χ4n) is 1.21. The summed E-state index contributed by atoms with van der Waals surface area (Å²) in [5, 5.41) is 15.6. The average molecular weight is 196 g/mol. The number of hydrogen-bond donors (Lipinski definition) is 2. The van der Waals surface area contributed by atoms with Crippen LogP contribution in [0.5, 0.6) is 0 Å². The van der Waals surface area contributed by atoms with E-state index in [2.05, 4.69) is 0 Å². The number of aryl methyl sites for hydroxylation is 2. The number of aliphatic hydroxyl groups excluding tert-OH is 2.